The number of nitrogens with one attached hydrogen (secondary N) is 2. The number of likely N-dealkylation sites (tertiary alicyclic amines) is 1. The van der Waals surface area contributed by atoms with Crippen LogP contribution in [0.2, 0.25) is 5.02 Å². The molecule has 0 bridgehead atoms. The van der Waals surface area contributed by atoms with Crippen LogP contribution in [0.1, 0.15) is 94.6 Å². The summed E-state index contributed by atoms with van der Waals surface area (Å²) >= 11 is 6.14. The first-order valence-electron chi connectivity index (χ1n) is 20.3. The van der Waals surface area contributed by atoms with Crippen LogP contribution in [-0.2, 0) is 9.59 Å². The van der Waals surface area contributed by atoms with Crippen molar-refractivity contribution < 1.29 is 33.1 Å². The van der Waals surface area contributed by atoms with E-state index < -0.39 is 35.5 Å². The number of hydrogen-bond acceptors (Lipinski definition) is 12. The third kappa shape index (κ3) is 7.46. The number of imide groups is 2. The Kier molecular flexibility index (Phi) is 10.2. The molecule has 6 heterocycles. The Morgan fingerprint density at radius 3 is 2.32 bits per heavy atom. The lowest BCUT2D eigenvalue weighted by Crippen LogP contribution is -2.62. The van der Waals surface area contributed by atoms with Crippen molar-refractivity contribution in [2.24, 2.45) is 5.41 Å². The first-order valence-corrected chi connectivity index (χ1v) is 20.7. The summed E-state index contributed by atoms with van der Waals surface area (Å²) in [7, 11) is 0. The van der Waals surface area contributed by atoms with Crippen LogP contribution in [0, 0.1) is 22.6 Å². The summed E-state index contributed by atoms with van der Waals surface area (Å²) in [5.74, 6) is -1.97. The highest BCUT2D eigenvalue weighted by atomic mass is 35.5. The van der Waals surface area contributed by atoms with Crippen molar-refractivity contribution in [1.29, 1.82) is 5.26 Å². The molecule has 15 nitrogen and oxygen atoms in total. The number of anilines is 2. The summed E-state index contributed by atoms with van der Waals surface area (Å²) in [6.07, 6.45) is 5.94. The Hall–Kier alpha value is -5.66. The number of carbonyl (C=O) groups is 5. The molecule has 4 saturated heterocycles. The van der Waals surface area contributed by atoms with Crippen LogP contribution in [0.4, 0.5) is 15.9 Å². The Morgan fingerprint density at radius 1 is 0.898 bits per heavy atom. The van der Waals surface area contributed by atoms with Gasteiger partial charge in [-0.15, -0.1) is 10.2 Å². The van der Waals surface area contributed by atoms with E-state index in [9.17, 15) is 24.0 Å². The molecule has 1 aromatic heterocycles. The second kappa shape index (κ2) is 15.5. The summed E-state index contributed by atoms with van der Waals surface area (Å²) in [6, 6.07) is 12.6. The summed E-state index contributed by atoms with van der Waals surface area (Å²) in [5.41, 5.74) is 0.995. The van der Waals surface area contributed by atoms with Crippen LogP contribution in [-0.4, -0.2) is 113 Å². The standard InChI is InChI=1S/C42H43ClFN9O6/c43-31-17-28(4-1-24(31)20-45)59-27-5-2-25(3-6-27)46-38(55)33-7-9-36(49-48-33)50-14-11-26(12-15-50)52-22-42(23-52)13-16-51(21-42)35-19-30-29(18-32(35)44)40(57)53(41(30)58)34-8-10-37(54)47-39(34)56/h1,4,7,9,17-19,25-27,34H,2-3,5-6,8,10-16,21-23H2,(H,46,55)(H,47,54,56)/t25-,27-,34?. The maximum absolute atomic E-state index is 15.6. The van der Waals surface area contributed by atoms with Gasteiger partial charge in [0.25, 0.3) is 17.7 Å². The topological polar surface area (TPSA) is 181 Å². The molecule has 1 atom stereocenters. The second-order valence-corrected chi connectivity index (χ2v) is 17.1. The molecule has 59 heavy (non-hydrogen) atoms. The number of carbonyl (C=O) groups excluding carboxylic acids is 5. The number of ether oxygens (including phenoxy) is 1. The van der Waals surface area contributed by atoms with Gasteiger partial charge in [-0.1, -0.05) is 11.6 Å². The van der Waals surface area contributed by atoms with E-state index in [0.29, 0.717) is 35.5 Å². The van der Waals surface area contributed by atoms with E-state index in [4.69, 9.17) is 21.6 Å². The van der Waals surface area contributed by atoms with E-state index in [2.05, 4.69) is 30.6 Å². The zero-order valence-corrected chi connectivity index (χ0v) is 33.0. The molecule has 6 aliphatic rings. The molecule has 1 unspecified atom stereocenters. The quantitative estimate of drug-likeness (QED) is 0.314. The molecule has 1 saturated carbocycles. The first kappa shape index (κ1) is 38.8. The number of halogens is 2. The average molecular weight is 824 g/mol. The van der Waals surface area contributed by atoms with Crippen LogP contribution in [0.5, 0.6) is 5.75 Å². The van der Waals surface area contributed by atoms with Gasteiger partial charge in [0.15, 0.2) is 11.5 Å². The lowest BCUT2D eigenvalue weighted by Gasteiger charge is -2.53. The zero-order valence-electron chi connectivity index (χ0n) is 32.3. The third-order valence-corrected chi connectivity index (χ3v) is 13.2. The maximum Gasteiger partial charge on any atom is 0.272 e. The second-order valence-electron chi connectivity index (χ2n) is 16.7. The largest absolute Gasteiger partial charge is 0.490 e. The number of nitriles is 1. The molecule has 9 rings (SSSR count). The van der Waals surface area contributed by atoms with Crippen molar-refractivity contribution >= 4 is 52.6 Å². The number of hydrogen-bond donors (Lipinski definition) is 2. The van der Waals surface area contributed by atoms with Crippen molar-refractivity contribution in [3.05, 3.63) is 75.7 Å². The summed E-state index contributed by atoms with van der Waals surface area (Å²) in [5, 5.41) is 23.4. The molecule has 2 N–H and O–H groups in total. The molecular formula is C42H43ClFN9O6. The van der Waals surface area contributed by atoms with Crippen molar-refractivity contribution in [2.75, 3.05) is 49.1 Å². The van der Waals surface area contributed by atoms with Gasteiger partial charge < -0.3 is 19.9 Å². The van der Waals surface area contributed by atoms with Crippen LogP contribution in [0.15, 0.2) is 42.5 Å². The van der Waals surface area contributed by atoms with Gasteiger partial charge in [-0.2, -0.15) is 5.26 Å². The summed E-state index contributed by atoms with van der Waals surface area (Å²) in [4.78, 5) is 71.2. The fraction of sp³-hybridized carbons (Fsp3) is 0.476. The molecule has 1 aliphatic carbocycles. The number of aromatic nitrogens is 2. The smallest absolute Gasteiger partial charge is 0.272 e. The van der Waals surface area contributed by atoms with Gasteiger partial charge in [0.1, 0.15) is 23.7 Å². The Morgan fingerprint density at radius 2 is 1.64 bits per heavy atom. The van der Waals surface area contributed by atoms with Crippen molar-refractivity contribution in [3.8, 4) is 11.8 Å². The number of fused-ring (bicyclic) bond motifs is 1. The first-order chi connectivity index (χ1) is 28.5. The summed E-state index contributed by atoms with van der Waals surface area (Å²) in [6.45, 7) is 4.67. The molecule has 5 fully saturated rings. The predicted molar refractivity (Wildman–Crippen MR) is 211 cm³/mol. The molecule has 0 radical (unpaired) electrons. The number of nitrogens with zero attached hydrogens (tertiary/aromatic N) is 7. The highest BCUT2D eigenvalue weighted by Gasteiger charge is 2.51. The Balaban J connectivity index is 0.724. The molecule has 3 aromatic rings. The number of benzene rings is 2. The third-order valence-electron chi connectivity index (χ3n) is 12.9. The van der Waals surface area contributed by atoms with Crippen molar-refractivity contribution in [1.82, 2.24) is 30.6 Å². The Bertz CT molecular complexity index is 2260. The van der Waals surface area contributed by atoms with E-state index in [0.717, 1.165) is 87.9 Å². The highest BCUT2D eigenvalue weighted by molar-refractivity contribution is 6.31. The molecule has 17 heteroatoms. The molecule has 5 amide bonds. The number of piperidine rings is 2. The van der Waals surface area contributed by atoms with Gasteiger partial charge in [-0.05, 0) is 87.8 Å². The monoisotopic (exact) mass is 823 g/mol. The fourth-order valence-electron chi connectivity index (χ4n) is 9.71. The van der Waals surface area contributed by atoms with Crippen LogP contribution < -0.4 is 25.2 Å². The lowest BCUT2D eigenvalue weighted by molar-refractivity contribution is -0.136. The van der Waals surface area contributed by atoms with Crippen molar-refractivity contribution in [2.45, 2.75) is 82.0 Å². The molecule has 306 valence electrons. The maximum atomic E-state index is 15.6. The van der Waals surface area contributed by atoms with Gasteiger partial charge in [-0.25, -0.2) is 4.39 Å². The van der Waals surface area contributed by atoms with Crippen LogP contribution >= 0.6 is 11.6 Å². The van der Waals surface area contributed by atoms with Gasteiger partial charge in [-0.3, -0.25) is 39.1 Å². The van der Waals surface area contributed by atoms with Crippen molar-refractivity contribution in [3.63, 3.8) is 0 Å². The Labute approximate surface area is 344 Å². The average Bonchev–Trinajstić information content (AvgIpc) is 3.77. The minimum Gasteiger partial charge on any atom is -0.490 e. The lowest BCUT2D eigenvalue weighted by atomic mass is 9.77. The highest BCUT2D eigenvalue weighted by Crippen LogP contribution is 2.44. The minimum absolute atomic E-state index is 0.00535. The number of rotatable bonds is 8. The minimum atomic E-state index is -1.10. The van der Waals surface area contributed by atoms with E-state index >= 15 is 4.39 Å². The van der Waals surface area contributed by atoms with Crippen LogP contribution in [0.3, 0.4) is 0 Å². The normalized spacial score (nSPS) is 24.5. The fourth-order valence-corrected chi connectivity index (χ4v) is 9.92. The van der Waals surface area contributed by atoms with E-state index in [1.54, 1.807) is 24.3 Å². The van der Waals surface area contributed by atoms with E-state index in [1.165, 1.54) is 6.07 Å². The van der Waals surface area contributed by atoms with Gasteiger partial charge in [0, 0.05) is 69.3 Å². The van der Waals surface area contributed by atoms with E-state index in [-0.39, 0.29) is 58.8 Å². The van der Waals surface area contributed by atoms with E-state index in [1.807, 2.05) is 17.0 Å². The molecular weight excluding hydrogens is 781 g/mol. The summed E-state index contributed by atoms with van der Waals surface area (Å²) < 4.78 is 21.6. The van der Waals surface area contributed by atoms with Gasteiger partial charge in [0.05, 0.1) is 33.5 Å². The SMILES string of the molecule is N#Cc1ccc(O[C@H]2CC[C@H](NC(=O)c3ccc(N4CCC(N5CC6(CCN(c7cc8c(cc7F)C(=O)N(C7CCC(=O)NC7=O)C8=O)C6)C5)CC4)nn3)CC2)cc1Cl. The zero-order chi connectivity index (χ0) is 41.0. The van der Waals surface area contributed by atoms with Gasteiger partial charge in [0.2, 0.25) is 11.8 Å². The predicted octanol–water partition coefficient (Wildman–Crippen LogP) is 3.84. The molecule has 2 aromatic carbocycles. The van der Waals surface area contributed by atoms with Gasteiger partial charge >= 0.3 is 0 Å². The van der Waals surface area contributed by atoms with Crippen LogP contribution in [0.25, 0.3) is 0 Å². The molecule has 5 aliphatic heterocycles. The molecule has 1 spiro atoms. The number of amides is 5.